The number of methoxy groups -OCH3 is 4. The van der Waals surface area contributed by atoms with Gasteiger partial charge in [-0.25, -0.2) is 0 Å². The average molecular weight is 462 g/mol. The summed E-state index contributed by atoms with van der Waals surface area (Å²) in [5.41, 5.74) is 2.88. The lowest BCUT2D eigenvalue weighted by atomic mass is 10.1. The van der Waals surface area contributed by atoms with Crippen LogP contribution < -0.4 is 24.3 Å². The molecule has 0 aliphatic rings. The molecule has 0 saturated carbocycles. The van der Waals surface area contributed by atoms with Crippen molar-refractivity contribution in [2.75, 3.05) is 33.8 Å². The lowest BCUT2D eigenvalue weighted by Crippen LogP contribution is -2.09. The Labute approximate surface area is 198 Å². The maximum atomic E-state index is 12.5. The number of benzene rings is 3. The van der Waals surface area contributed by atoms with Gasteiger partial charge < -0.3 is 29.4 Å². The third-order valence-electron chi connectivity index (χ3n) is 4.96. The molecule has 0 bridgehead atoms. The van der Waals surface area contributed by atoms with Gasteiger partial charge in [-0.05, 0) is 59.7 Å². The van der Waals surface area contributed by atoms with Gasteiger partial charge in [-0.15, -0.1) is 0 Å². The second kappa shape index (κ2) is 11.5. The van der Waals surface area contributed by atoms with E-state index in [1.807, 2.05) is 30.4 Å². The number of amides is 1. The first-order valence-electron chi connectivity index (χ1n) is 10.4. The van der Waals surface area contributed by atoms with E-state index in [-0.39, 0.29) is 11.7 Å². The predicted molar refractivity (Wildman–Crippen MR) is 134 cm³/mol. The molecule has 176 valence electrons. The van der Waals surface area contributed by atoms with Crippen LogP contribution in [0.1, 0.15) is 16.7 Å². The highest BCUT2D eigenvalue weighted by molar-refractivity contribution is 6.03. The molecule has 1 amide bonds. The summed E-state index contributed by atoms with van der Waals surface area (Å²) >= 11 is 0. The fraction of sp³-hybridized carbons (Fsp3) is 0.148. The quantitative estimate of drug-likeness (QED) is 0.334. The van der Waals surface area contributed by atoms with Crippen LogP contribution in [0.5, 0.6) is 28.7 Å². The molecule has 0 radical (unpaired) electrons. The Bertz CT molecular complexity index is 1190. The van der Waals surface area contributed by atoms with Crippen LogP contribution in [0.2, 0.25) is 0 Å². The Balaban J connectivity index is 1.87. The zero-order valence-electron chi connectivity index (χ0n) is 19.5. The van der Waals surface area contributed by atoms with E-state index in [1.54, 1.807) is 70.9 Å². The number of nitrogens with one attached hydrogen (secondary N) is 1. The molecule has 0 aromatic heterocycles. The largest absolute Gasteiger partial charge is 0.508 e. The first kappa shape index (κ1) is 24.3. The zero-order valence-corrected chi connectivity index (χ0v) is 19.5. The average Bonchev–Trinajstić information content (AvgIpc) is 2.86. The van der Waals surface area contributed by atoms with Crippen LogP contribution in [0.3, 0.4) is 0 Å². The van der Waals surface area contributed by atoms with Crippen molar-refractivity contribution in [1.29, 1.82) is 0 Å². The summed E-state index contributed by atoms with van der Waals surface area (Å²) in [4.78, 5) is 12.5. The first-order chi connectivity index (χ1) is 16.5. The van der Waals surface area contributed by atoms with E-state index in [0.29, 0.717) is 34.2 Å². The molecule has 0 spiro atoms. The molecular formula is C27H27NO6. The highest BCUT2D eigenvalue weighted by Crippen LogP contribution is 2.38. The van der Waals surface area contributed by atoms with Gasteiger partial charge in [0, 0.05) is 17.3 Å². The maximum absolute atomic E-state index is 12.5. The van der Waals surface area contributed by atoms with Crippen LogP contribution in [0.15, 0.2) is 60.7 Å². The minimum atomic E-state index is -0.309. The van der Waals surface area contributed by atoms with Gasteiger partial charge in [0.1, 0.15) is 11.5 Å². The first-order valence-corrected chi connectivity index (χ1v) is 10.4. The molecule has 7 heteroatoms. The number of hydrogen-bond donors (Lipinski definition) is 2. The molecule has 0 aliphatic carbocycles. The van der Waals surface area contributed by atoms with Gasteiger partial charge in [0.05, 0.1) is 28.4 Å². The van der Waals surface area contributed by atoms with Gasteiger partial charge in [-0.3, -0.25) is 4.79 Å². The number of ether oxygens (including phenoxy) is 4. The third-order valence-corrected chi connectivity index (χ3v) is 4.96. The van der Waals surface area contributed by atoms with Crippen LogP contribution in [0.4, 0.5) is 5.69 Å². The number of carbonyl (C=O) groups is 1. The fourth-order valence-electron chi connectivity index (χ4n) is 3.28. The summed E-state index contributed by atoms with van der Waals surface area (Å²) in [5, 5.41) is 12.5. The molecule has 3 aromatic carbocycles. The number of aromatic hydroxyl groups is 1. The van der Waals surface area contributed by atoms with E-state index in [1.165, 1.54) is 6.08 Å². The van der Waals surface area contributed by atoms with Crippen molar-refractivity contribution in [2.24, 2.45) is 0 Å². The van der Waals surface area contributed by atoms with Crippen molar-refractivity contribution >= 4 is 29.8 Å². The van der Waals surface area contributed by atoms with E-state index in [9.17, 15) is 9.90 Å². The van der Waals surface area contributed by atoms with Crippen molar-refractivity contribution in [1.82, 2.24) is 0 Å². The topological polar surface area (TPSA) is 86.3 Å². The molecule has 0 heterocycles. The van der Waals surface area contributed by atoms with E-state index < -0.39 is 0 Å². The predicted octanol–water partition coefficient (Wildman–Crippen LogP) is 5.25. The number of hydrogen-bond acceptors (Lipinski definition) is 6. The standard InChI is InChI=1S/C27H27NO6/c1-31-22-11-12-23(28-26(30)13-9-18-6-5-7-21(29)14-18)20(17-22)10-8-19-15-24(32-2)27(34-4)25(16-19)33-3/h5-17,29H,1-4H3,(H,28,30)/b10-8?,13-9+. The minimum Gasteiger partial charge on any atom is -0.508 e. The van der Waals surface area contributed by atoms with Gasteiger partial charge in [-0.2, -0.15) is 0 Å². The molecule has 3 aromatic rings. The SMILES string of the molecule is COc1ccc(NC(=O)/C=C/c2cccc(O)c2)c(C=Cc2cc(OC)c(OC)c(OC)c2)c1. The molecule has 0 atom stereocenters. The van der Waals surface area contributed by atoms with Gasteiger partial charge in [0.2, 0.25) is 11.7 Å². The van der Waals surface area contributed by atoms with Crippen molar-refractivity contribution in [3.05, 3.63) is 77.4 Å². The highest BCUT2D eigenvalue weighted by Gasteiger charge is 2.12. The van der Waals surface area contributed by atoms with Gasteiger partial charge in [0.25, 0.3) is 0 Å². The van der Waals surface area contributed by atoms with Gasteiger partial charge in [-0.1, -0.05) is 24.3 Å². The zero-order chi connectivity index (χ0) is 24.5. The summed E-state index contributed by atoms with van der Waals surface area (Å²) in [6.45, 7) is 0. The second-order valence-electron chi connectivity index (χ2n) is 7.16. The molecule has 0 saturated heterocycles. The number of carbonyl (C=O) groups excluding carboxylic acids is 1. The number of rotatable bonds is 9. The lowest BCUT2D eigenvalue weighted by molar-refractivity contribution is -0.111. The maximum Gasteiger partial charge on any atom is 0.248 e. The Morgan fingerprint density at radius 1 is 0.794 bits per heavy atom. The molecule has 3 rings (SSSR count). The van der Waals surface area contributed by atoms with Crippen molar-refractivity contribution < 1.29 is 28.8 Å². The van der Waals surface area contributed by atoms with E-state index in [0.717, 1.165) is 11.1 Å². The van der Waals surface area contributed by atoms with E-state index in [4.69, 9.17) is 18.9 Å². The number of anilines is 1. The smallest absolute Gasteiger partial charge is 0.248 e. The van der Waals surface area contributed by atoms with Crippen molar-refractivity contribution in [2.45, 2.75) is 0 Å². The Morgan fingerprint density at radius 3 is 2.15 bits per heavy atom. The normalized spacial score (nSPS) is 10.9. The van der Waals surface area contributed by atoms with Crippen molar-refractivity contribution in [3.8, 4) is 28.7 Å². The van der Waals surface area contributed by atoms with Crippen LogP contribution in [-0.4, -0.2) is 39.5 Å². The van der Waals surface area contributed by atoms with Gasteiger partial charge in [0.15, 0.2) is 11.5 Å². The van der Waals surface area contributed by atoms with E-state index >= 15 is 0 Å². The lowest BCUT2D eigenvalue weighted by Gasteiger charge is -2.13. The number of phenols is 1. The van der Waals surface area contributed by atoms with Crippen LogP contribution >= 0.6 is 0 Å². The van der Waals surface area contributed by atoms with Gasteiger partial charge >= 0.3 is 0 Å². The Morgan fingerprint density at radius 2 is 1.53 bits per heavy atom. The molecule has 34 heavy (non-hydrogen) atoms. The summed E-state index contributed by atoms with van der Waals surface area (Å²) in [6.07, 6.45) is 6.77. The molecule has 2 N–H and O–H groups in total. The number of phenolic OH excluding ortho intramolecular Hbond substituents is 1. The molecule has 7 nitrogen and oxygen atoms in total. The van der Waals surface area contributed by atoms with Crippen LogP contribution in [-0.2, 0) is 4.79 Å². The molecule has 0 aliphatic heterocycles. The summed E-state index contributed by atoms with van der Waals surface area (Å²) in [6, 6.07) is 15.7. The van der Waals surface area contributed by atoms with E-state index in [2.05, 4.69) is 5.32 Å². The molecular weight excluding hydrogens is 434 g/mol. The molecule has 0 fully saturated rings. The third kappa shape index (κ3) is 6.10. The molecule has 0 unspecified atom stereocenters. The highest BCUT2D eigenvalue weighted by atomic mass is 16.5. The summed E-state index contributed by atoms with van der Waals surface area (Å²) < 4.78 is 21.5. The fourth-order valence-corrected chi connectivity index (χ4v) is 3.28. The van der Waals surface area contributed by atoms with Crippen molar-refractivity contribution in [3.63, 3.8) is 0 Å². The van der Waals surface area contributed by atoms with Crippen LogP contribution in [0.25, 0.3) is 18.2 Å². The Kier molecular flexibility index (Phi) is 8.18. The summed E-state index contributed by atoms with van der Waals surface area (Å²) in [5.74, 6) is 2.07. The monoisotopic (exact) mass is 461 g/mol. The minimum absolute atomic E-state index is 0.136. The van der Waals surface area contributed by atoms with Crippen LogP contribution in [0, 0.1) is 0 Å². The Hall–Kier alpha value is -4.39. The second-order valence-corrected chi connectivity index (χ2v) is 7.16. The summed E-state index contributed by atoms with van der Waals surface area (Å²) in [7, 11) is 6.25.